The summed E-state index contributed by atoms with van der Waals surface area (Å²) in [6.07, 6.45) is 1.90. The molecule has 0 spiro atoms. The third-order valence-electron chi connectivity index (χ3n) is 2.92. The maximum absolute atomic E-state index is 9.93. The molecule has 0 aliphatic rings. The number of pyridine rings is 1. The quantitative estimate of drug-likeness (QED) is 0.840. The Balaban J connectivity index is 2.69. The molecule has 0 saturated carbocycles. The van der Waals surface area contributed by atoms with E-state index >= 15 is 0 Å². The minimum absolute atomic E-state index is 0.106. The summed E-state index contributed by atoms with van der Waals surface area (Å²) in [6.45, 7) is 14.4. The van der Waals surface area contributed by atoms with Crippen molar-refractivity contribution in [1.82, 2.24) is 10.3 Å². The van der Waals surface area contributed by atoms with E-state index in [0.717, 1.165) is 18.9 Å². The Hall–Kier alpha value is -1.13. The van der Waals surface area contributed by atoms with Crippen molar-refractivity contribution in [2.75, 3.05) is 18.0 Å². The van der Waals surface area contributed by atoms with Gasteiger partial charge in [0.25, 0.3) is 0 Å². The van der Waals surface area contributed by atoms with Gasteiger partial charge in [0, 0.05) is 31.4 Å². The molecule has 20 heavy (non-hydrogen) atoms. The molecule has 0 aromatic carbocycles. The second-order valence-electron chi connectivity index (χ2n) is 6.95. The molecule has 4 nitrogen and oxygen atoms in total. The van der Waals surface area contributed by atoms with Gasteiger partial charge < -0.3 is 15.3 Å². The Morgan fingerprint density at radius 3 is 2.25 bits per heavy atom. The minimum atomic E-state index is -0.718. The SMILES string of the molecule is CCN(CC(C)(C)O)c1ccc(CNC(C)(C)C)cn1. The van der Waals surface area contributed by atoms with E-state index in [9.17, 15) is 5.11 Å². The molecule has 114 valence electrons. The number of hydrogen-bond donors (Lipinski definition) is 2. The van der Waals surface area contributed by atoms with Crippen LogP contribution in [0.4, 0.5) is 5.82 Å². The number of rotatable bonds is 6. The van der Waals surface area contributed by atoms with Gasteiger partial charge in [-0.15, -0.1) is 0 Å². The van der Waals surface area contributed by atoms with Gasteiger partial charge in [-0.3, -0.25) is 0 Å². The van der Waals surface area contributed by atoms with Gasteiger partial charge in [0.05, 0.1) is 5.60 Å². The zero-order valence-electron chi connectivity index (χ0n) is 13.7. The monoisotopic (exact) mass is 279 g/mol. The molecule has 1 heterocycles. The van der Waals surface area contributed by atoms with Crippen molar-refractivity contribution >= 4 is 5.82 Å². The highest BCUT2D eigenvalue weighted by Gasteiger charge is 2.18. The normalized spacial score (nSPS) is 12.6. The van der Waals surface area contributed by atoms with E-state index in [1.807, 2.05) is 26.1 Å². The molecule has 0 amide bonds. The number of likely N-dealkylation sites (N-methyl/N-ethyl adjacent to an activating group) is 1. The zero-order chi connectivity index (χ0) is 15.4. The lowest BCUT2D eigenvalue weighted by molar-refractivity contribution is 0.0874. The number of nitrogens with zero attached hydrogens (tertiary/aromatic N) is 2. The van der Waals surface area contributed by atoms with Crippen molar-refractivity contribution in [2.45, 2.75) is 59.2 Å². The predicted octanol–water partition coefficient (Wildman–Crippen LogP) is 2.57. The number of nitrogens with one attached hydrogen (secondary N) is 1. The van der Waals surface area contributed by atoms with Crippen LogP contribution in [-0.4, -0.2) is 34.3 Å². The number of aliphatic hydroxyl groups is 1. The van der Waals surface area contributed by atoms with Crippen LogP contribution in [0.15, 0.2) is 18.3 Å². The average molecular weight is 279 g/mol. The molecule has 0 radical (unpaired) electrons. The molecule has 0 aliphatic heterocycles. The molecule has 0 unspecified atom stereocenters. The Kier molecular flexibility index (Phi) is 5.54. The van der Waals surface area contributed by atoms with Crippen LogP contribution in [0.3, 0.4) is 0 Å². The smallest absolute Gasteiger partial charge is 0.128 e. The van der Waals surface area contributed by atoms with E-state index in [1.54, 1.807) is 0 Å². The van der Waals surface area contributed by atoms with Crippen molar-refractivity contribution in [3.05, 3.63) is 23.9 Å². The van der Waals surface area contributed by atoms with Crippen LogP contribution in [0.5, 0.6) is 0 Å². The van der Waals surface area contributed by atoms with Crippen molar-refractivity contribution in [3.63, 3.8) is 0 Å². The Bertz CT molecular complexity index is 401. The van der Waals surface area contributed by atoms with E-state index in [-0.39, 0.29) is 5.54 Å². The molecule has 0 saturated heterocycles. The molecule has 1 aromatic rings. The minimum Gasteiger partial charge on any atom is -0.389 e. The maximum Gasteiger partial charge on any atom is 0.128 e. The molecule has 1 aromatic heterocycles. The van der Waals surface area contributed by atoms with E-state index in [1.165, 1.54) is 5.56 Å². The largest absolute Gasteiger partial charge is 0.389 e. The van der Waals surface area contributed by atoms with Crippen molar-refractivity contribution in [1.29, 1.82) is 0 Å². The number of anilines is 1. The maximum atomic E-state index is 9.93. The Labute approximate surface area is 123 Å². The third-order valence-corrected chi connectivity index (χ3v) is 2.92. The second kappa shape index (κ2) is 6.55. The van der Waals surface area contributed by atoms with E-state index in [0.29, 0.717) is 6.54 Å². The summed E-state index contributed by atoms with van der Waals surface area (Å²) in [4.78, 5) is 6.59. The first-order valence-corrected chi connectivity index (χ1v) is 7.28. The molecule has 1 rings (SSSR count). The first-order valence-electron chi connectivity index (χ1n) is 7.28. The summed E-state index contributed by atoms with van der Waals surface area (Å²) in [7, 11) is 0. The Morgan fingerprint density at radius 1 is 1.20 bits per heavy atom. The van der Waals surface area contributed by atoms with Gasteiger partial charge in [-0.25, -0.2) is 4.98 Å². The summed E-state index contributed by atoms with van der Waals surface area (Å²) in [5.41, 5.74) is 0.558. The van der Waals surface area contributed by atoms with E-state index in [4.69, 9.17) is 0 Å². The predicted molar refractivity (Wildman–Crippen MR) is 85.0 cm³/mol. The van der Waals surface area contributed by atoms with Crippen LogP contribution in [0, 0.1) is 0 Å². The molecule has 0 fully saturated rings. The third kappa shape index (κ3) is 6.35. The van der Waals surface area contributed by atoms with Crippen LogP contribution in [0.1, 0.15) is 47.1 Å². The van der Waals surface area contributed by atoms with Gasteiger partial charge in [-0.05, 0) is 53.2 Å². The fourth-order valence-corrected chi connectivity index (χ4v) is 1.90. The highest BCUT2D eigenvalue weighted by atomic mass is 16.3. The summed E-state index contributed by atoms with van der Waals surface area (Å²) >= 11 is 0. The van der Waals surface area contributed by atoms with Crippen LogP contribution >= 0.6 is 0 Å². The lowest BCUT2D eigenvalue weighted by Gasteiger charge is -2.29. The lowest BCUT2D eigenvalue weighted by Crippen LogP contribution is -2.39. The lowest BCUT2D eigenvalue weighted by atomic mass is 10.1. The summed E-state index contributed by atoms with van der Waals surface area (Å²) < 4.78 is 0. The highest BCUT2D eigenvalue weighted by molar-refractivity contribution is 5.39. The topological polar surface area (TPSA) is 48.4 Å². The molecule has 0 aliphatic carbocycles. The molecule has 2 N–H and O–H groups in total. The van der Waals surface area contributed by atoms with E-state index in [2.05, 4.69) is 49.0 Å². The molecule has 0 bridgehead atoms. The second-order valence-corrected chi connectivity index (χ2v) is 6.95. The van der Waals surface area contributed by atoms with Gasteiger partial charge in [-0.1, -0.05) is 6.07 Å². The fraction of sp³-hybridized carbons (Fsp3) is 0.688. The van der Waals surface area contributed by atoms with Gasteiger partial charge in [0.2, 0.25) is 0 Å². The summed E-state index contributed by atoms with van der Waals surface area (Å²) in [5.74, 6) is 0.911. The van der Waals surface area contributed by atoms with Crippen LogP contribution in [0.2, 0.25) is 0 Å². The van der Waals surface area contributed by atoms with Crippen molar-refractivity contribution < 1.29 is 5.11 Å². The van der Waals surface area contributed by atoms with Crippen LogP contribution in [-0.2, 0) is 6.54 Å². The molecule has 0 atom stereocenters. The molecule has 4 heteroatoms. The average Bonchev–Trinajstić information content (AvgIpc) is 2.32. The number of aromatic nitrogens is 1. The standard InChI is InChI=1S/C16H29N3O/c1-7-19(12-16(5,6)20)14-9-8-13(10-17-14)11-18-15(2,3)4/h8-10,18,20H,7,11-12H2,1-6H3. The first kappa shape index (κ1) is 16.9. The molecular formula is C16H29N3O. The fourth-order valence-electron chi connectivity index (χ4n) is 1.90. The molecular weight excluding hydrogens is 250 g/mol. The van der Waals surface area contributed by atoms with Crippen molar-refractivity contribution in [3.8, 4) is 0 Å². The van der Waals surface area contributed by atoms with E-state index < -0.39 is 5.60 Å². The van der Waals surface area contributed by atoms with Gasteiger partial charge in [-0.2, -0.15) is 0 Å². The van der Waals surface area contributed by atoms with Gasteiger partial charge >= 0.3 is 0 Å². The summed E-state index contributed by atoms with van der Waals surface area (Å²) in [5, 5.41) is 13.4. The number of hydrogen-bond acceptors (Lipinski definition) is 4. The van der Waals surface area contributed by atoms with Crippen LogP contribution in [0.25, 0.3) is 0 Å². The van der Waals surface area contributed by atoms with Crippen LogP contribution < -0.4 is 10.2 Å². The van der Waals surface area contributed by atoms with Gasteiger partial charge in [0.1, 0.15) is 5.82 Å². The Morgan fingerprint density at radius 2 is 1.85 bits per heavy atom. The summed E-state index contributed by atoms with van der Waals surface area (Å²) in [6, 6.07) is 4.11. The zero-order valence-corrected chi connectivity index (χ0v) is 13.7. The first-order chi connectivity index (χ1) is 9.11. The highest BCUT2D eigenvalue weighted by Crippen LogP contribution is 2.15. The van der Waals surface area contributed by atoms with Gasteiger partial charge in [0.15, 0.2) is 0 Å². The van der Waals surface area contributed by atoms with Crippen molar-refractivity contribution in [2.24, 2.45) is 0 Å².